The first kappa shape index (κ1) is 17.8. The number of rotatable bonds is 4. The SMILES string of the molecule is CCOC(=O)N1CCN(c2cc(NC3CCCCCC3)ncn2)CC1. The lowest BCUT2D eigenvalue weighted by molar-refractivity contribution is 0.105. The first-order valence-corrected chi connectivity index (χ1v) is 9.51. The molecule has 1 aliphatic carbocycles. The summed E-state index contributed by atoms with van der Waals surface area (Å²) in [6, 6.07) is 2.55. The van der Waals surface area contributed by atoms with E-state index in [2.05, 4.69) is 20.2 Å². The number of amides is 1. The molecule has 138 valence electrons. The third kappa shape index (κ3) is 4.96. The molecule has 1 saturated heterocycles. The molecule has 0 aromatic carbocycles. The Hall–Kier alpha value is -2.05. The smallest absolute Gasteiger partial charge is 0.409 e. The standard InChI is InChI=1S/C18H29N5O2/c1-2-25-18(24)23-11-9-22(10-12-23)17-13-16(19-14-20-17)21-15-7-5-3-4-6-8-15/h13-15H,2-12H2,1H3,(H,19,20,21). The summed E-state index contributed by atoms with van der Waals surface area (Å²) < 4.78 is 5.07. The average molecular weight is 347 g/mol. The largest absolute Gasteiger partial charge is 0.450 e. The molecule has 1 aromatic rings. The summed E-state index contributed by atoms with van der Waals surface area (Å²) >= 11 is 0. The van der Waals surface area contributed by atoms with E-state index >= 15 is 0 Å². The third-order valence-corrected chi connectivity index (χ3v) is 4.99. The van der Waals surface area contributed by atoms with Gasteiger partial charge in [0.1, 0.15) is 18.0 Å². The van der Waals surface area contributed by atoms with Gasteiger partial charge in [0.25, 0.3) is 0 Å². The summed E-state index contributed by atoms with van der Waals surface area (Å²) in [5, 5.41) is 3.58. The number of hydrogen-bond acceptors (Lipinski definition) is 6. The highest BCUT2D eigenvalue weighted by molar-refractivity contribution is 5.68. The first-order valence-electron chi connectivity index (χ1n) is 9.51. The van der Waals surface area contributed by atoms with Gasteiger partial charge in [0.05, 0.1) is 6.61 Å². The van der Waals surface area contributed by atoms with Gasteiger partial charge in [-0.05, 0) is 19.8 Å². The van der Waals surface area contributed by atoms with Gasteiger partial charge >= 0.3 is 6.09 Å². The molecule has 0 spiro atoms. The van der Waals surface area contributed by atoms with E-state index in [1.54, 1.807) is 11.2 Å². The van der Waals surface area contributed by atoms with E-state index in [0.29, 0.717) is 25.7 Å². The molecule has 3 rings (SSSR count). The zero-order valence-electron chi connectivity index (χ0n) is 15.1. The molecule has 1 amide bonds. The minimum atomic E-state index is -0.222. The van der Waals surface area contributed by atoms with Gasteiger partial charge in [0.2, 0.25) is 0 Å². The maximum absolute atomic E-state index is 11.8. The van der Waals surface area contributed by atoms with Crippen LogP contribution in [0.2, 0.25) is 0 Å². The van der Waals surface area contributed by atoms with E-state index in [-0.39, 0.29) is 6.09 Å². The topological polar surface area (TPSA) is 70.6 Å². The number of anilines is 2. The van der Waals surface area contributed by atoms with Crippen LogP contribution in [0.4, 0.5) is 16.4 Å². The lowest BCUT2D eigenvalue weighted by Crippen LogP contribution is -2.49. The number of nitrogens with zero attached hydrogens (tertiary/aromatic N) is 4. The average Bonchev–Trinajstić information content (AvgIpc) is 2.91. The fraction of sp³-hybridized carbons (Fsp3) is 0.722. The van der Waals surface area contributed by atoms with Crippen molar-refractivity contribution in [1.82, 2.24) is 14.9 Å². The van der Waals surface area contributed by atoms with Gasteiger partial charge in [-0.1, -0.05) is 25.7 Å². The van der Waals surface area contributed by atoms with E-state index in [4.69, 9.17) is 4.74 Å². The van der Waals surface area contributed by atoms with Crippen molar-refractivity contribution in [3.05, 3.63) is 12.4 Å². The molecule has 25 heavy (non-hydrogen) atoms. The minimum absolute atomic E-state index is 0.222. The van der Waals surface area contributed by atoms with E-state index < -0.39 is 0 Å². The molecule has 1 aromatic heterocycles. The van der Waals surface area contributed by atoms with Gasteiger partial charge in [-0.3, -0.25) is 0 Å². The molecule has 0 radical (unpaired) electrons. The Morgan fingerprint density at radius 1 is 1.16 bits per heavy atom. The Bertz CT molecular complexity index is 552. The second kappa shape index (κ2) is 8.87. The molecule has 2 aliphatic rings. The van der Waals surface area contributed by atoms with Crippen molar-refractivity contribution in [3.63, 3.8) is 0 Å². The molecular formula is C18H29N5O2. The summed E-state index contributed by atoms with van der Waals surface area (Å²) in [5.74, 6) is 1.83. The Morgan fingerprint density at radius 2 is 1.88 bits per heavy atom. The van der Waals surface area contributed by atoms with Crippen LogP contribution in [0.3, 0.4) is 0 Å². The Kier molecular flexibility index (Phi) is 6.30. The van der Waals surface area contributed by atoms with Crippen LogP contribution in [0.5, 0.6) is 0 Å². The van der Waals surface area contributed by atoms with Crippen molar-refractivity contribution in [2.24, 2.45) is 0 Å². The predicted molar refractivity (Wildman–Crippen MR) is 98.0 cm³/mol. The van der Waals surface area contributed by atoms with Crippen molar-refractivity contribution in [1.29, 1.82) is 0 Å². The second-order valence-corrected chi connectivity index (χ2v) is 6.77. The molecule has 2 heterocycles. The molecule has 1 N–H and O–H groups in total. The number of carbonyl (C=O) groups excluding carboxylic acids is 1. The lowest BCUT2D eigenvalue weighted by atomic mass is 10.1. The zero-order valence-corrected chi connectivity index (χ0v) is 15.1. The van der Waals surface area contributed by atoms with Crippen LogP contribution in [-0.2, 0) is 4.74 Å². The summed E-state index contributed by atoms with van der Waals surface area (Å²) in [7, 11) is 0. The molecule has 0 atom stereocenters. The van der Waals surface area contributed by atoms with Gasteiger partial charge < -0.3 is 19.9 Å². The van der Waals surface area contributed by atoms with Crippen LogP contribution in [-0.4, -0.2) is 59.8 Å². The number of aromatic nitrogens is 2. The maximum atomic E-state index is 11.8. The molecule has 0 bridgehead atoms. The van der Waals surface area contributed by atoms with Crippen LogP contribution >= 0.6 is 0 Å². The highest BCUT2D eigenvalue weighted by Gasteiger charge is 2.23. The zero-order chi connectivity index (χ0) is 17.5. The monoisotopic (exact) mass is 347 g/mol. The number of carbonyl (C=O) groups is 1. The van der Waals surface area contributed by atoms with E-state index in [0.717, 1.165) is 24.7 Å². The Labute approximate surface area is 149 Å². The second-order valence-electron chi connectivity index (χ2n) is 6.77. The quantitative estimate of drug-likeness (QED) is 0.845. The molecule has 0 unspecified atom stereocenters. The number of ether oxygens (including phenoxy) is 1. The van der Waals surface area contributed by atoms with Crippen LogP contribution in [0.15, 0.2) is 12.4 Å². The van der Waals surface area contributed by atoms with Crippen molar-refractivity contribution < 1.29 is 9.53 Å². The fourth-order valence-electron chi connectivity index (χ4n) is 3.56. The number of nitrogens with one attached hydrogen (secondary N) is 1. The number of hydrogen-bond donors (Lipinski definition) is 1. The predicted octanol–water partition coefficient (Wildman–Crippen LogP) is 2.89. The Morgan fingerprint density at radius 3 is 2.56 bits per heavy atom. The molecule has 1 aliphatic heterocycles. The molecule has 7 heteroatoms. The van der Waals surface area contributed by atoms with Crippen molar-refractivity contribution in [3.8, 4) is 0 Å². The lowest BCUT2D eigenvalue weighted by Gasteiger charge is -2.34. The third-order valence-electron chi connectivity index (χ3n) is 4.99. The molecule has 7 nitrogen and oxygen atoms in total. The summed E-state index contributed by atoms with van der Waals surface area (Å²) in [6.07, 6.45) is 9.13. The van der Waals surface area contributed by atoms with Gasteiger partial charge in [-0.2, -0.15) is 0 Å². The Balaban J connectivity index is 1.55. The van der Waals surface area contributed by atoms with Crippen LogP contribution in [0.25, 0.3) is 0 Å². The van der Waals surface area contributed by atoms with Crippen LogP contribution in [0, 0.1) is 0 Å². The van der Waals surface area contributed by atoms with Crippen molar-refractivity contribution in [2.75, 3.05) is 43.0 Å². The van der Waals surface area contributed by atoms with Crippen molar-refractivity contribution in [2.45, 2.75) is 51.5 Å². The van der Waals surface area contributed by atoms with Gasteiger partial charge in [0, 0.05) is 38.3 Å². The van der Waals surface area contributed by atoms with E-state index in [1.165, 1.54) is 38.5 Å². The first-order chi connectivity index (χ1) is 12.3. The highest BCUT2D eigenvalue weighted by Crippen LogP contribution is 2.22. The fourth-order valence-corrected chi connectivity index (χ4v) is 3.56. The normalized spacial score (nSPS) is 19.4. The number of piperazine rings is 1. The van der Waals surface area contributed by atoms with E-state index in [1.807, 2.05) is 13.0 Å². The minimum Gasteiger partial charge on any atom is -0.450 e. The highest BCUT2D eigenvalue weighted by atomic mass is 16.6. The van der Waals surface area contributed by atoms with Gasteiger partial charge in [-0.15, -0.1) is 0 Å². The van der Waals surface area contributed by atoms with E-state index in [9.17, 15) is 4.79 Å². The van der Waals surface area contributed by atoms with Gasteiger partial charge in [-0.25, -0.2) is 14.8 Å². The summed E-state index contributed by atoms with van der Waals surface area (Å²) in [5.41, 5.74) is 0. The molecule has 1 saturated carbocycles. The maximum Gasteiger partial charge on any atom is 0.409 e. The molecule has 2 fully saturated rings. The van der Waals surface area contributed by atoms with Crippen molar-refractivity contribution >= 4 is 17.7 Å². The van der Waals surface area contributed by atoms with Crippen LogP contribution < -0.4 is 10.2 Å². The van der Waals surface area contributed by atoms with Gasteiger partial charge in [0.15, 0.2) is 0 Å². The molecular weight excluding hydrogens is 318 g/mol. The summed E-state index contributed by atoms with van der Waals surface area (Å²) in [4.78, 5) is 24.6. The van der Waals surface area contributed by atoms with Crippen LogP contribution in [0.1, 0.15) is 45.4 Å². The summed E-state index contributed by atoms with van der Waals surface area (Å²) in [6.45, 7) is 5.10.